The lowest BCUT2D eigenvalue weighted by molar-refractivity contribution is -0.113. The Morgan fingerprint density at radius 3 is 2.69 bits per heavy atom. The standard InChI is InChI=1S/C23H23N5O3S/c1-15-14-26-23(32-15)27-21-18(22(30)28-10-12-31-13-11-28)8-9-25-20(21)17-5-3-2-4-16(17)6-7-19(24)29/h2-9,14H,10-13H2,1H3,(H2,24,29)(H,26,27). The second-order valence-corrected chi connectivity index (χ2v) is 8.45. The number of nitrogens with one attached hydrogen (secondary N) is 1. The molecule has 1 fully saturated rings. The zero-order valence-corrected chi connectivity index (χ0v) is 18.4. The minimum Gasteiger partial charge on any atom is -0.378 e. The average Bonchev–Trinajstić information content (AvgIpc) is 3.22. The fourth-order valence-electron chi connectivity index (χ4n) is 3.46. The van der Waals surface area contributed by atoms with E-state index in [-0.39, 0.29) is 5.91 Å². The predicted octanol–water partition coefficient (Wildman–Crippen LogP) is 3.23. The number of morpholine rings is 1. The Labute approximate surface area is 189 Å². The molecule has 0 radical (unpaired) electrons. The molecule has 4 rings (SSSR count). The molecule has 0 spiro atoms. The van der Waals surface area contributed by atoms with Gasteiger partial charge in [0.1, 0.15) is 0 Å². The largest absolute Gasteiger partial charge is 0.378 e. The Hall–Kier alpha value is -3.56. The number of ether oxygens (including phenoxy) is 1. The van der Waals surface area contributed by atoms with Gasteiger partial charge in [-0.3, -0.25) is 14.6 Å². The van der Waals surface area contributed by atoms with Gasteiger partial charge in [-0.1, -0.05) is 24.3 Å². The number of aryl methyl sites for hydroxylation is 1. The summed E-state index contributed by atoms with van der Waals surface area (Å²) in [5.74, 6) is -0.640. The van der Waals surface area contributed by atoms with Crippen molar-refractivity contribution in [2.45, 2.75) is 6.92 Å². The first-order valence-corrected chi connectivity index (χ1v) is 11.0. The monoisotopic (exact) mass is 449 g/mol. The smallest absolute Gasteiger partial charge is 0.256 e. The van der Waals surface area contributed by atoms with Gasteiger partial charge in [-0.2, -0.15) is 0 Å². The van der Waals surface area contributed by atoms with Crippen LogP contribution in [-0.4, -0.2) is 53.0 Å². The molecule has 0 unspecified atom stereocenters. The molecule has 3 N–H and O–H groups in total. The van der Waals surface area contributed by atoms with E-state index in [1.54, 1.807) is 29.4 Å². The minimum absolute atomic E-state index is 0.0992. The van der Waals surface area contributed by atoms with Gasteiger partial charge in [0, 0.05) is 42.0 Å². The van der Waals surface area contributed by atoms with Crippen LogP contribution in [0, 0.1) is 6.92 Å². The van der Waals surface area contributed by atoms with Crippen molar-refractivity contribution >= 4 is 40.0 Å². The molecular weight excluding hydrogens is 426 g/mol. The molecular formula is C23H23N5O3S. The number of hydrogen-bond donors (Lipinski definition) is 2. The van der Waals surface area contributed by atoms with Gasteiger partial charge < -0.3 is 20.7 Å². The van der Waals surface area contributed by atoms with E-state index in [1.807, 2.05) is 31.2 Å². The number of nitrogens with zero attached hydrogens (tertiary/aromatic N) is 3. The maximum absolute atomic E-state index is 13.4. The molecule has 0 bridgehead atoms. The predicted molar refractivity (Wildman–Crippen MR) is 125 cm³/mol. The first-order valence-electron chi connectivity index (χ1n) is 10.2. The quantitative estimate of drug-likeness (QED) is 0.559. The summed E-state index contributed by atoms with van der Waals surface area (Å²) in [6, 6.07) is 9.22. The van der Waals surface area contributed by atoms with Crippen molar-refractivity contribution in [2.24, 2.45) is 5.73 Å². The number of amides is 2. The highest BCUT2D eigenvalue weighted by Gasteiger charge is 2.24. The number of anilines is 2. The van der Waals surface area contributed by atoms with E-state index in [0.717, 1.165) is 16.0 Å². The molecule has 0 saturated carbocycles. The SMILES string of the molecule is Cc1cnc(Nc2c(C(=O)N3CCOCC3)ccnc2-c2ccccc2C=CC(N)=O)s1. The number of benzene rings is 1. The van der Waals surface area contributed by atoms with Crippen molar-refractivity contribution in [3.8, 4) is 11.3 Å². The van der Waals surface area contributed by atoms with Gasteiger partial charge in [-0.05, 0) is 24.6 Å². The van der Waals surface area contributed by atoms with Gasteiger partial charge >= 0.3 is 0 Å². The van der Waals surface area contributed by atoms with E-state index in [1.165, 1.54) is 17.4 Å². The maximum atomic E-state index is 13.4. The highest BCUT2D eigenvalue weighted by Crippen LogP contribution is 2.35. The van der Waals surface area contributed by atoms with Gasteiger partial charge in [-0.15, -0.1) is 11.3 Å². The Bertz CT molecular complexity index is 1170. The third-order valence-corrected chi connectivity index (χ3v) is 5.80. The van der Waals surface area contributed by atoms with Gasteiger partial charge in [0.05, 0.1) is 30.2 Å². The molecule has 164 valence electrons. The van der Waals surface area contributed by atoms with Gasteiger partial charge in [0.25, 0.3) is 5.91 Å². The molecule has 2 aromatic heterocycles. The topological polar surface area (TPSA) is 110 Å². The Kier molecular flexibility index (Phi) is 6.58. The summed E-state index contributed by atoms with van der Waals surface area (Å²) in [6.07, 6.45) is 6.35. The number of hydrogen-bond acceptors (Lipinski definition) is 7. The van der Waals surface area contributed by atoms with Crippen molar-refractivity contribution in [1.29, 1.82) is 0 Å². The minimum atomic E-state index is -0.541. The summed E-state index contributed by atoms with van der Waals surface area (Å²) in [5, 5.41) is 3.99. The third-order valence-electron chi connectivity index (χ3n) is 4.98. The Balaban J connectivity index is 1.84. The fourth-order valence-corrected chi connectivity index (χ4v) is 4.13. The van der Waals surface area contributed by atoms with Crippen LogP contribution in [0.1, 0.15) is 20.8 Å². The van der Waals surface area contributed by atoms with Crippen LogP contribution in [-0.2, 0) is 9.53 Å². The lowest BCUT2D eigenvalue weighted by Crippen LogP contribution is -2.41. The number of aromatic nitrogens is 2. The fraction of sp³-hybridized carbons (Fsp3) is 0.217. The van der Waals surface area contributed by atoms with Crippen LogP contribution in [0.25, 0.3) is 17.3 Å². The molecule has 2 amide bonds. The Morgan fingerprint density at radius 1 is 1.19 bits per heavy atom. The molecule has 8 nitrogen and oxygen atoms in total. The van der Waals surface area contributed by atoms with Crippen LogP contribution in [0.4, 0.5) is 10.8 Å². The van der Waals surface area contributed by atoms with Crippen LogP contribution in [0.3, 0.4) is 0 Å². The van der Waals surface area contributed by atoms with Crippen molar-refractivity contribution in [3.63, 3.8) is 0 Å². The Morgan fingerprint density at radius 2 is 1.97 bits per heavy atom. The van der Waals surface area contributed by atoms with Gasteiger partial charge in [-0.25, -0.2) is 4.98 Å². The normalized spacial score (nSPS) is 14.0. The van der Waals surface area contributed by atoms with Crippen LogP contribution in [0.15, 0.2) is 48.8 Å². The van der Waals surface area contributed by atoms with E-state index < -0.39 is 5.91 Å². The summed E-state index contributed by atoms with van der Waals surface area (Å²) in [4.78, 5) is 36.5. The molecule has 3 aromatic rings. The van der Waals surface area contributed by atoms with Crippen LogP contribution in [0.5, 0.6) is 0 Å². The summed E-state index contributed by atoms with van der Waals surface area (Å²) in [5.41, 5.74) is 8.46. The van der Waals surface area contributed by atoms with Crippen LogP contribution >= 0.6 is 11.3 Å². The second-order valence-electron chi connectivity index (χ2n) is 7.21. The van der Waals surface area contributed by atoms with Crippen LogP contribution in [0.2, 0.25) is 0 Å². The molecule has 1 aromatic carbocycles. The van der Waals surface area contributed by atoms with Crippen molar-refractivity contribution in [3.05, 3.63) is 64.8 Å². The van der Waals surface area contributed by atoms with Crippen molar-refractivity contribution in [2.75, 3.05) is 31.6 Å². The number of carbonyl (C=O) groups is 2. The highest BCUT2D eigenvalue weighted by molar-refractivity contribution is 7.15. The zero-order chi connectivity index (χ0) is 22.5. The number of primary amides is 1. The summed E-state index contributed by atoms with van der Waals surface area (Å²) in [7, 11) is 0. The number of rotatable bonds is 6. The average molecular weight is 450 g/mol. The molecule has 0 atom stereocenters. The molecule has 0 aliphatic carbocycles. The summed E-state index contributed by atoms with van der Waals surface area (Å²) < 4.78 is 5.39. The lowest BCUT2D eigenvalue weighted by Gasteiger charge is -2.28. The number of thiazole rings is 1. The molecule has 1 aliphatic rings. The van der Waals surface area contributed by atoms with Crippen molar-refractivity contribution in [1.82, 2.24) is 14.9 Å². The van der Waals surface area contributed by atoms with E-state index in [0.29, 0.717) is 48.4 Å². The molecule has 9 heteroatoms. The summed E-state index contributed by atoms with van der Waals surface area (Å²) >= 11 is 1.49. The zero-order valence-electron chi connectivity index (χ0n) is 17.6. The summed E-state index contributed by atoms with van der Waals surface area (Å²) in [6.45, 7) is 4.06. The first-order chi connectivity index (χ1) is 15.5. The second kappa shape index (κ2) is 9.71. The molecule has 1 aliphatic heterocycles. The first kappa shape index (κ1) is 21.7. The molecule has 32 heavy (non-hydrogen) atoms. The number of carbonyl (C=O) groups excluding carboxylic acids is 2. The maximum Gasteiger partial charge on any atom is 0.256 e. The van der Waals surface area contributed by atoms with Crippen LogP contribution < -0.4 is 11.1 Å². The highest BCUT2D eigenvalue weighted by atomic mass is 32.1. The molecule has 3 heterocycles. The lowest BCUT2D eigenvalue weighted by atomic mass is 9.99. The van der Waals surface area contributed by atoms with Gasteiger partial charge in [0.2, 0.25) is 5.91 Å². The van der Waals surface area contributed by atoms with Crippen molar-refractivity contribution < 1.29 is 14.3 Å². The van der Waals surface area contributed by atoms with E-state index >= 15 is 0 Å². The molecule has 1 saturated heterocycles. The number of nitrogens with two attached hydrogens (primary N) is 1. The third kappa shape index (κ3) is 4.84. The number of pyridine rings is 1. The van der Waals surface area contributed by atoms with E-state index in [2.05, 4.69) is 15.3 Å². The van der Waals surface area contributed by atoms with E-state index in [9.17, 15) is 9.59 Å². The van der Waals surface area contributed by atoms with E-state index in [4.69, 9.17) is 10.5 Å². The van der Waals surface area contributed by atoms with Gasteiger partial charge in [0.15, 0.2) is 5.13 Å².